The van der Waals surface area contributed by atoms with Crippen LogP contribution in [0.4, 0.5) is 9.57 Å². The normalized spacial score (nSPS) is 11.1. The van der Waals surface area contributed by atoms with Gasteiger partial charge in [0.15, 0.2) is 0 Å². The molecular formula is C9H10FNO3S. The van der Waals surface area contributed by atoms with Gasteiger partial charge in [-0.15, -0.1) is 3.89 Å². The second-order valence-corrected chi connectivity index (χ2v) is 4.41. The molecular weight excluding hydrogens is 221 g/mol. The topological polar surface area (TPSA) is 63.2 Å². The molecule has 0 aliphatic rings. The summed E-state index contributed by atoms with van der Waals surface area (Å²) in [7, 11) is -4.69. The fourth-order valence-electron chi connectivity index (χ4n) is 1.20. The van der Waals surface area contributed by atoms with Gasteiger partial charge in [0.05, 0.1) is 0 Å². The summed E-state index contributed by atoms with van der Waals surface area (Å²) in [4.78, 5) is 10.3. The van der Waals surface area contributed by atoms with E-state index in [9.17, 15) is 17.1 Å². The van der Waals surface area contributed by atoms with Crippen LogP contribution in [0.1, 0.15) is 12.5 Å². The fourth-order valence-corrected chi connectivity index (χ4v) is 1.88. The fraction of sp³-hybridized carbons (Fsp3) is 0.222. The van der Waals surface area contributed by atoms with Gasteiger partial charge in [-0.05, 0) is 30.7 Å². The number of nitrogens with one attached hydrogen (secondary N) is 1. The lowest BCUT2D eigenvalue weighted by Gasteiger charge is -2.05. The van der Waals surface area contributed by atoms with Crippen molar-refractivity contribution in [2.45, 2.75) is 18.7 Å². The molecule has 0 aliphatic heterocycles. The summed E-state index contributed by atoms with van der Waals surface area (Å²) in [5, 5.41) is 2.47. The second kappa shape index (κ2) is 3.98. The number of hydrogen-bond acceptors (Lipinski definition) is 3. The van der Waals surface area contributed by atoms with Crippen molar-refractivity contribution in [2.24, 2.45) is 0 Å². The molecule has 0 unspecified atom stereocenters. The Hall–Kier alpha value is -1.43. The predicted molar refractivity (Wildman–Crippen MR) is 53.8 cm³/mol. The van der Waals surface area contributed by atoms with E-state index in [0.717, 1.165) is 6.07 Å². The van der Waals surface area contributed by atoms with Gasteiger partial charge in [0.2, 0.25) is 5.91 Å². The summed E-state index contributed by atoms with van der Waals surface area (Å²) in [5.74, 6) is -0.273. The largest absolute Gasteiger partial charge is 0.332 e. The Morgan fingerprint density at radius 1 is 1.40 bits per heavy atom. The van der Waals surface area contributed by atoms with Gasteiger partial charge in [0.25, 0.3) is 0 Å². The van der Waals surface area contributed by atoms with Crippen LogP contribution in [0.2, 0.25) is 0 Å². The highest BCUT2D eigenvalue weighted by molar-refractivity contribution is 7.86. The van der Waals surface area contributed by atoms with E-state index in [2.05, 4.69) is 5.32 Å². The monoisotopic (exact) mass is 231 g/mol. The minimum atomic E-state index is -4.69. The van der Waals surface area contributed by atoms with Crippen LogP contribution in [0.3, 0.4) is 0 Å². The van der Waals surface area contributed by atoms with E-state index in [0.29, 0.717) is 5.69 Å². The average Bonchev–Trinajstić information content (AvgIpc) is 1.99. The third-order valence-corrected chi connectivity index (χ3v) is 2.74. The number of benzene rings is 1. The van der Waals surface area contributed by atoms with Crippen molar-refractivity contribution in [3.63, 3.8) is 0 Å². The van der Waals surface area contributed by atoms with Crippen LogP contribution in [0.15, 0.2) is 23.1 Å². The second-order valence-electron chi connectivity index (χ2n) is 3.10. The molecule has 0 aromatic heterocycles. The van der Waals surface area contributed by atoms with Gasteiger partial charge in [-0.3, -0.25) is 4.79 Å². The summed E-state index contributed by atoms with van der Waals surface area (Å²) in [6, 6.07) is 3.85. The number of halogens is 1. The van der Waals surface area contributed by atoms with Gasteiger partial charge in [-0.2, -0.15) is 8.42 Å². The Morgan fingerprint density at radius 2 is 2.00 bits per heavy atom. The molecule has 0 atom stereocenters. The highest BCUT2D eigenvalue weighted by atomic mass is 32.3. The Balaban J connectivity index is 3.15. The van der Waals surface area contributed by atoms with E-state index < -0.39 is 10.2 Å². The van der Waals surface area contributed by atoms with Crippen molar-refractivity contribution >= 4 is 21.8 Å². The van der Waals surface area contributed by atoms with Crippen LogP contribution in [-0.2, 0) is 15.0 Å². The zero-order chi connectivity index (χ0) is 11.6. The lowest BCUT2D eigenvalue weighted by Crippen LogP contribution is -2.06. The molecule has 0 bridgehead atoms. The summed E-state index contributed by atoms with van der Waals surface area (Å²) < 4.78 is 33.9. The molecule has 1 N–H and O–H groups in total. The molecule has 0 saturated heterocycles. The summed E-state index contributed by atoms with van der Waals surface area (Å²) in [5.41, 5.74) is 0.691. The Morgan fingerprint density at radius 3 is 2.40 bits per heavy atom. The molecule has 6 heteroatoms. The number of amides is 1. The highest BCUT2D eigenvalue weighted by Crippen LogP contribution is 2.21. The zero-order valence-electron chi connectivity index (χ0n) is 8.24. The van der Waals surface area contributed by atoms with Crippen LogP contribution in [0.5, 0.6) is 0 Å². The van der Waals surface area contributed by atoms with E-state index in [1.165, 1.54) is 26.0 Å². The van der Waals surface area contributed by atoms with E-state index in [1.54, 1.807) is 0 Å². The van der Waals surface area contributed by atoms with E-state index in [-0.39, 0.29) is 16.4 Å². The van der Waals surface area contributed by atoms with Crippen LogP contribution >= 0.6 is 0 Å². The lowest BCUT2D eigenvalue weighted by molar-refractivity contribution is -0.114. The van der Waals surface area contributed by atoms with Crippen LogP contribution in [-0.4, -0.2) is 14.3 Å². The van der Waals surface area contributed by atoms with E-state index >= 15 is 0 Å². The smallest absolute Gasteiger partial charge is 0.326 e. The summed E-state index contributed by atoms with van der Waals surface area (Å²) in [6.07, 6.45) is 0. The van der Waals surface area contributed by atoms with Crippen molar-refractivity contribution in [3.8, 4) is 0 Å². The first-order valence-corrected chi connectivity index (χ1v) is 5.52. The molecule has 0 radical (unpaired) electrons. The molecule has 1 rings (SSSR count). The van der Waals surface area contributed by atoms with Crippen molar-refractivity contribution in [1.82, 2.24) is 0 Å². The Labute approximate surface area is 87.3 Å². The summed E-state index contributed by atoms with van der Waals surface area (Å²) in [6.45, 7) is 2.78. The van der Waals surface area contributed by atoms with Gasteiger partial charge >= 0.3 is 10.2 Å². The van der Waals surface area contributed by atoms with Crippen LogP contribution in [0.25, 0.3) is 0 Å². The van der Waals surface area contributed by atoms with Gasteiger partial charge in [0.1, 0.15) is 4.90 Å². The molecule has 1 aromatic rings. The number of rotatable bonds is 2. The predicted octanol–water partition coefficient (Wildman–Crippen LogP) is 1.61. The molecule has 82 valence electrons. The molecule has 1 amide bonds. The number of carbonyl (C=O) groups excluding carboxylic acids is 1. The van der Waals surface area contributed by atoms with Crippen molar-refractivity contribution in [3.05, 3.63) is 23.8 Å². The van der Waals surface area contributed by atoms with E-state index in [4.69, 9.17) is 0 Å². The first-order valence-electron chi connectivity index (χ1n) is 4.13. The minimum absolute atomic E-state index is 0.253. The zero-order valence-corrected chi connectivity index (χ0v) is 9.06. The van der Waals surface area contributed by atoms with Crippen molar-refractivity contribution in [1.29, 1.82) is 0 Å². The van der Waals surface area contributed by atoms with Crippen LogP contribution < -0.4 is 5.32 Å². The standard InChI is InChI=1S/C9H10FNO3S/c1-6-5-8(11-7(2)12)3-4-9(6)15(10,13)14/h3-5H,1-2H3,(H,11,12). The average molecular weight is 231 g/mol. The maximum absolute atomic E-state index is 12.7. The number of carbonyl (C=O) groups is 1. The van der Waals surface area contributed by atoms with Gasteiger partial charge in [-0.25, -0.2) is 0 Å². The lowest BCUT2D eigenvalue weighted by atomic mass is 10.2. The van der Waals surface area contributed by atoms with Gasteiger partial charge < -0.3 is 5.32 Å². The minimum Gasteiger partial charge on any atom is -0.326 e. The molecule has 4 nitrogen and oxygen atoms in total. The summed E-state index contributed by atoms with van der Waals surface area (Å²) >= 11 is 0. The Bertz CT molecular complexity index is 496. The van der Waals surface area contributed by atoms with E-state index in [1.807, 2.05) is 0 Å². The third kappa shape index (κ3) is 3.02. The molecule has 0 aliphatic carbocycles. The first-order chi connectivity index (χ1) is 6.80. The molecule has 0 spiro atoms. The quantitative estimate of drug-likeness (QED) is 0.786. The molecule has 0 saturated carbocycles. The first kappa shape index (κ1) is 11.6. The van der Waals surface area contributed by atoms with Gasteiger partial charge in [-0.1, -0.05) is 0 Å². The third-order valence-electron chi connectivity index (χ3n) is 1.76. The molecule has 0 heterocycles. The number of hydrogen-bond donors (Lipinski definition) is 1. The van der Waals surface area contributed by atoms with Crippen LogP contribution in [0, 0.1) is 6.92 Å². The molecule has 1 aromatic carbocycles. The van der Waals surface area contributed by atoms with Gasteiger partial charge in [0, 0.05) is 12.6 Å². The highest BCUT2D eigenvalue weighted by Gasteiger charge is 2.15. The van der Waals surface area contributed by atoms with Crippen molar-refractivity contribution in [2.75, 3.05) is 5.32 Å². The Kier molecular flexibility index (Phi) is 3.09. The maximum Gasteiger partial charge on any atom is 0.332 e. The van der Waals surface area contributed by atoms with Crippen molar-refractivity contribution < 1.29 is 17.1 Å². The maximum atomic E-state index is 12.7. The SMILES string of the molecule is CC(=O)Nc1ccc(S(=O)(=O)F)c(C)c1. The number of aryl methyl sites for hydroxylation is 1. The molecule has 15 heavy (non-hydrogen) atoms. The number of anilines is 1. The molecule has 0 fully saturated rings.